The van der Waals surface area contributed by atoms with E-state index in [2.05, 4.69) is 16.3 Å². The van der Waals surface area contributed by atoms with E-state index >= 15 is 0 Å². The average molecular weight is 261 g/mol. The van der Waals surface area contributed by atoms with E-state index in [4.69, 9.17) is 4.74 Å². The number of aromatic nitrogens is 2. The van der Waals surface area contributed by atoms with Crippen LogP contribution in [0.15, 0.2) is 30.5 Å². The first-order chi connectivity index (χ1) is 8.97. The summed E-state index contributed by atoms with van der Waals surface area (Å²) in [6, 6.07) is 3.61. The van der Waals surface area contributed by atoms with Gasteiger partial charge in [0, 0.05) is 12.7 Å². The minimum atomic E-state index is -0.495. The number of carbonyl (C=O) groups is 1. The minimum Gasteiger partial charge on any atom is -0.444 e. The summed E-state index contributed by atoms with van der Waals surface area (Å²) in [4.78, 5) is 13.9. The predicted molar refractivity (Wildman–Crippen MR) is 71.5 cm³/mol. The van der Waals surface area contributed by atoms with E-state index in [9.17, 15) is 4.79 Å². The molecule has 0 radical (unpaired) electrons. The lowest BCUT2D eigenvalue weighted by molar-refractivity contribution is 0.0171. The molecule has 0 spiro atoms. The monoisotopic (exact) mass is 261 g/mol. The topological polar surface area (TPSA) is 55.3 Å². The summed E-state index contributed by atoms with van der Waals surface area (Å²) < 4.78 is 5.43. The van der Waals surface area contributed by atoms with Gasteiger partial charge in [0.25, 0.3) is 0 Å². The third-order valence-corrected chi connectivity index (χ3v) is 2.77. The summed E-state index contributed by atoms with van der Waals surface area (Å²) in [5.41, 5.74) is 0.295. The molecule has 5 nitrogen and oxygen atoms in total. The van der Waals surface area contributed by atoms with Crippen molar-refractivity contribution in [3.05, 3.63) is 36.2 Å². The maximum atomic E-state index is 12.2. The Balaban J connectivity index is 2.18. The number of rotatable bonds is 1. The van der Waals surface area contributed by atoms with Gasteiger partial charge in [-0.1, -0.05) is 12.2 Å². The lowest BCUT2D eigenvalue weighted by Crippen LogP contribution is -2.40. The number of ether oxygens (including phenoxy) is 1. The second-order valence-electron chi connectivity index (χ2n) is 5.50. The maximum Gasteiger partial charge on any atom is 0.411 e. The summed E-state index contributed by atoms with van der Waals surface area (Å²) in [6.45, 7) is 6.13. The van der Waals surface area contributed by atoms with Crippen LogP contribution in [0, 0.1) is 0 Å². The van der Waals surface area contributed by atoms with Crippen molar-refractivity contribution in [2.24, 2.45) is 0 Å². The van der Waals surface area contributed by atoms with Crippen LogP contribution in [0.3, 0.4) is 0 Å². The maximum absolute atomic E-state index is 12.2. The molecule has 0 fully saturated rings. The second-order valence-corrected chi connectivity index (χ2v) is 5.50. The SMILES string of the molecule is CC(C)(C)OC(=O)N1CC=CCC1c1cccnn1. The van der Waals surface area contributed by atoms with Crippen LogP contribution in [0.2, 0.25) is 0 Å². The highest BCUT2D eigenvalue weighted by Gasteiger charge is 2.30. The van der Waals surface area contributed by atoms with Gasteiger partial charge < -0.3 is 4.74 Å². The predicted octanol–water partition coefficient (Wildman–Crippen LogP) is 2.71. The first-order valence-corrected chi connectivity index (χ1v) is 6.39. The molecule has 2 heterocycles. The molecular formula is C14H19N3O2. The van der Waals surface area contributed by atoms with Gasteiger partial charge in [-0.25, -0.2) is 4.79 Å². The third kappa shape index (κ3) is 3.53. The molecule has 2 rings (SSSR count). The van der Waals surface area contributed by atoms with Crippen LogP contribution in [0.4, 0.5) is 4.79 Å². The van der Waals surface area contributed by atoms with Crippen LogP contribution in [-0.2, 0) is 4.74 Å². The van der Waals surface area contributed by atoms with Crippen molar-refractivity contribution in [3.8, 4) is 0 Å². The first-order valence-electron chi connectivity index (χ1n) is 6.39. The van der Waals surface area contributed by atoms with Gasteiger partial charge in [0.1, 0.15) is 5.60 Å². The van der Waals surface area contributed by atoms with Crippen molar-refractivity contribution in [2.75, 3.05) is 6.54 Å². The minimum absolute atomic E-state index is 0.103. The molecule has 102 valence electrons. The standard InChI is InChI=1S/C14H19N3O2/c1-14(2,3)19-13(18)17-10-5-4-8-12(17)11-7-6-9-15-16-11/h4-7,9,12H,8,10H2,1-3H3. The molecule has 0 aromatic carbocycles. The van der Waals surface area contributed by atoms with E-state index in [-0.39, 0.29) is 12.1 Å². The summed E-state index contributed by atoms with van der Waals surface area (Å²) in [7, 11) is 0. The van der Waals surface area contributed by atoms with E-state index in [1.165, 1.54) is 0 Å². The Morgan fingerprint density at radius 3 is 2.84 bits per heavy atom. The van der Waals surface area contributed by atoms with Crippen molar-refractivity contribution in [1.82, 2.24) is 15.1 Å². The summed E-state index contributed by atoms with van der Waals surface area (Å²) in [5, 5.41) is 7.97. The molecule has 19 heavy (non-hydrogen) atoms. The van der Waals surface area contributed by atoms with Gasteiger partial charge >= 0.3 is 6.09 Å². The summed E-state index contributed by atoms with van der Waals surface area (Å²) in [6.07, 6.45) is 6.07. The van der Waals surface area contributed by atoms with Crippen LogP contribution < -0.4 is 0 Å². The zero-order valence-electron chi connectivity index (χ0n) is 11.5. The number of hydrogen-bond acceptors (Lipinski definition) is 4. The van der Waals surface area contributed by atoms with Crippen LogP contribution in [0.5, 0.6) is 0 Å². The second kappa shape index (κ2) is 5.38. The van der Waals surface area contributed by atoms with E-state index in [0.29, 0.717) is 6.54 Å². The van der Waals surface area contributed by atoms with Gasteiger partial charge in [-0.15, -0.1) is 0 Å². The molecule has 1 aliphatic rings. The fourth-order valence-corrected chi connectivity index (χ4v) is 1.96. The Morgan fingerprint density at radius 1 is 1.42 bits per heavy atom. The molecule has 0 saturated heterocycles. The van der Waals surface area contributed by atoms with Crippen molar-refractivity contribution in [3.63, 3.8) is 0 Å². The van der Waals surface area contributed by atoms with E-state index in [1.807, 2.05) is 39.0 Å². The molecule has 1 aromatic heterocycles. The Bertz CT molecular complexity index is 465. The quantitative estimate of drug-likeness (QED) is 0.729. The van der Waals surface area contributed by atoms with Crippen molar-refractivity contribution < 1.29 is 9.53 Å². The average Bonchev–Trinajstić information content (AvgIpc) is 2.38. The summed E-state index contributed by atoms with van der Waals surface area (Å²) >= 11 is 0. The lowest BCUT2D eigenvalue weighted by atomic mass is 10.0. The van der Waals surface area contributed by atoms with Crippen molar-refractivity contribution >= 4 is 6.09 Å². The molecular weight excluding hydrogens is 242 g/mol. The summed E-state index contributed by atoms with van der Waals surface area (Å²) in [5.74, 6) is 0. The van der Waals surface area contributed by atoms with Crippen LogP contribution in [-0.4, -0.2) is 33.3 Å². The van der Waals surface area contributed by atoms with E-state index in [1.54, 1.807) is 11.1 Å². The smallest absolute Gasteiger partial charge is 0.411 e. The molecule has 1 atom stereocenters. The molecule has 1 amide bonds. The zero-order valence-corrected chi connectivity index (χ0v) is 11.5. The van der Waals surface area contributed by atoms with E-state index in [0.717, 1.165) is 12.1 Å². The Kier molecular flexibility index (Phi) is 3.83. The highest BCUT2D eigenvalue weighted by molar-refractivity contribution is 5.69. The Hall–Kier alpha value is -1.91. The highest BCUT2D eigenvalue weighted by Crippen LogP contribution is 2.27. The molecule has 1 aliphatic heterocycles. The molecule has 1 unspecified atom stereocenters. The van der Waals surface area contributed by atoms with Crippen LogP contribution in [0.25, 0.3) is 0 Å². The first kappa shape index (κ1) is 13.5. The van der Waals surface area contributed by atoms with Crippen LogP contribution in [0.1, 0.15) is 38.9 Å². The zero-order chi connectivity index (χ0) is 13.9. The normalized spacial score (nSPS) is 19.3. The van der Waals surface area contributed by atoms with Crippen molar-refractivity contribution in [2.45, 2.75) is 38.8 Å². The Labute approximate surface area is 113 Å². The highest BCUT2D eigenvalue weighted by atomic mass is 16.6. The largest absolute Gasteiger partial charge is 0.444 e. The number of nitrogens with zero attached hydrogens (tertiary/aromatic N) is 3. The van der Waals surface area contributed by atoms with Gasteiger partial charge in [0.15, 0.2) is 0 Å². The van der Waals surface area contributed by atoms with E-state index < -0.39 is 5.60 Å². The lowest BCUT2D eigenvalue weighted by Gasteiger charge is -2.33. The van der Waals surface area contributed by atoms with Crippen LogP contribution >= 0.6 is 0 Å². The van der Waals surface area contributed by atoms with Crippen molar-refractivity contribution in [1.29, 1.82) is 0 Å². The molecule has 1 aromatic rings. The van der Waals surface area contributed by atoms with Gasteiger partial charge in [-0.05, 0) is 39.3 Å². The molecule has 5 heteroatoms. The number of hydrogen-bond donors (Lipinski definition) is 0. The fraction of sp³-hybridized carbons (Fsp3) is 0.500. The molecule has 0 saturated carbocycles. The van der Waals surface area contributed by atoms with Gasteiger partial charge in [-0.3, -0.25) is 4.90 Å². The Morgan fingerprint density at radius 2 is 2.21 bits per heavy atom. The third-order valence-electron chi connectivity index (χ3n) is 2.77. The molecule has 0 bridgehead atoms. The van der Waals surface area contributed by atoms with Gasteiger partial charge in [0.2, 0.25) is 0 Å². The fourth-order valence-electron chi connectivity index (χ4n) is 1.96. The van der Waals surface area contributed by atoms with Gasteiger partial charge in [0.05, 0.1) is 11.7 Å². The molecule has 0 N–H and O–H groups in total. The van der Waals surface area contributed by atoms with Gasteiger partial charge in [-0.2, -0.15) is 10.2 Å². The number of amides is 1. The number of carbonyl (C=O) groups excluding carboxylic acids is 1. The molecule has 0 aliphatic carbocycles.